The second-order valence-corrected chi connectivity index (χ2v) is 8.73. The number of carbonyl (C=O) groups is 2. The van der Waals surface area contributed by atoms with E-state index in [0.29, 0.717) is 24.0 Å². The number of aryl methyl sites for hydroxylation is 1. The number of fused-ring (bicyclic) bond motifs is 5. The van der Waals surface area contributed by atoms with E-state index in [1.54, 1.807) is 0 Å². The normalized spacial score (nSPS) is 37.0. The van der Waals surface area contributed by atoms with E-state index in [1.807, 2.05) is 12.1 Å². The molecule has 0 saturated heterocycles. The van der Waals surface area contributed by atoms with Crippen LogP contribution < -0.4 is 4.74 Å². The first kappa shape index (κ1) is 18.5. The Kier molecular flexibility index (Phi) is 4.53. The number of hydrogen-bond acceptors (Lipinski definition) is 5. The van der Waals surface area contributed by atoms with Crippen molar-refractivity contribution >= 4 is 11.9 Å². The van der Waals surface area contributed by atoms with Gasteiger partial charge in [0, 0.05) is 25.7 Å². The summed E-state index contributed by atoms with van der Waals surface area (Å²) in [6.07, 6.45) is 3.83. The molecule has 0 spiro atoms. The molecule has 3 aliphatic carbocycles. The highest BCUT2D eigenvalue weighted by molar-refractivity contribution is 5.69. The molecule has 3 aliphatic rings. The molecule has 6 unspecified atom stereocenters. The zero-order valence-corrected chi connectivity index (χ0v) is 16.2. The van der Waals surface area contributed by atoms with Gasteiger partial charge in [0.05, 0.1) is 6.10 Å². The number of hydrogen-bond donors (Lipinski definition) is 1. The molecule has 4 rings (SSSR count). The lowest BCUT2D eigenvalue weighted by molar-refractivity contribution is -0.155. The summed E-state index contributed by atoms with van der Waals surface area (Å²) in [7, 11) is 0. The Bertz CT molecular complexity index is 772. The molecule has 0 aliphatic heterocycles. The van der Waals surface area contributed by atoms with E-state index in [4.69, 9.17) is 9.47 Å². The van der Waals surface area contributed by atoms with Crippen LogP contribution in [-0.2, 0) is 20.7 Å². The van der Waals surface area contributed by atoms with E-state index in [1.165, 1.54) is 25.0 Å². The van der Waals surface area contributed by atoms with Crippen molar-refractivity contribution in [1.29, 1.82) is 0 Å². The quantitative estimate of drug-likeness (QED) is 0.636. The number of aliphatic hydroxyl groups excluding tert-OH is 1. The standard InChI is InChI=1S/C22H28O5/c1-12(23)26-15-5-7-16-14(10-15)4-6-18-17(16)8-9-22(3)20(27-13(2)24)11-19(25)21(18)22/h5,7,10,17-21,25H,4,6,8-9,11H2,1-3H3. The summed E-state index contributed by atoms with van der Waals surface area (Å²) in [5.74, 6) is 0.999. The fourth-order valence-corrected chi connectivity index (χ4v) is 6.18. The van der Waals surface area contributed by atoms with Crippen LogP contribution in [0, 0.1) is 17.3 Å². The Hall–Kier alpha value is -1.88. The van der Waals surface area contributed by atoms with Gasteiger partial charge in [-0.3, -0.25) is 9.59 Å². The van der Waals surface area contributed by atoms with Gasteiger partial charge in [0.25, 0.3) is 0 Å². The van der Waals surface area contributed by atoms with Gasteiger partial charge in [0.15, 0.2) is 0 Å². The zero-order chi connectivity index (χ0) is 19.3. The minimum absolute atomic E-state index is 0.151. The highest BCUT2D eigenvalue weighted by atomic mass is 16.5. The van der Waals surface area contributed by atoms with Gasteiger partial charge >= 0.3 is 11.9 Å². The van der Waals surface area contributed by atoms with Crippen LogP contribution in [0.25, 0.3) is 0 Å². The molecule has 5 nitrogen and oxygen atoms in total. The van der Waals surface area contributed by atoms with Crippen molar-refractivity contribution in [2.45, 2.75) is 71.0 Å². The van der Waals surface area contributed by atoms with E-state index in [0.717, 1.165) is 25.7 Å². The lowest BCUT2D eigenvalue weighted by Gasteiger charge is -2.50. The SMILES string of the molecule is CC(=O)Oc1ccc2c(c1)CCC1C2CCC2(C)C(OC(C)=O)CC(O)C12. The number of carbonyl (C=O) groups excluding carboxylic acids is 2. The second kappa shape index (κ2) is 6.62. The Morgan fingerprint density at radius 2 is 1.96 bits per heavy atom. The summed E-state index contributed by atoms with van der Waals surface area (Å²) in [6, 6.07) is 5.97. The van der Waals surface area contributed by atoms with Crippen molar-refractivity contribution in [1.82, 2.24) is 0 Å². The van der Waals surface area contributed by atoms with Crippen molar-refractivity contribution in [3.05, 3.63) is 29.3 Å². The van der Waals surface area contributed by atoms with Crippen LogP contribution in [0.15, 0.2) is 18.2 Å². The molecule has 0 bridgehead atoms. The van der Waals surface area contributed by atoms with Crippen LogP contribution in [0.4, 0.5) is 0 Å². The van der Waals surface area contributed by atoms with Crippen LogP contribution in [0.2, 0.25) is 0 Å². The number of rotatable bonds is 2. The van der Waals surface area contributed by atoms with Gasteiger partial charge in [-0.05, 0) is 66.7 Å². The van der Waals surface area contributed by atoms with Crippen LogP contribution in [0.1, 0.15) is 63.5 Å². The average Bonchev–Trinajstić information content (AvgIpc) is 2.83. The first-order valence-electron chi connectivity index (χ1n) is 9.96. The van der Waals surface area contributed by atoms with Crippen LogP contribution >= 0.6 is 0 Å². The summed E-state index contributed by atoms with van der Waals surface area (Å²) in [4.78, 5) is 22.8. The molecule has 0 amide bonds. The minimum Gasteiger partial charge on any atom is -0.462 e. The molecule has 0 radical (unpaired) electrons. The van der Waals surface area contributed by atoms with Crippen LogP contribution in [0.5, 0.6) is 5.75 Å². The predicted octanol–water partition coefficient (Wildman–Crippen LogP) is 3.37. The summed E-state index contributed by atoms with van der Waals surface area (Å²) >= 11 is 0. The van der Waals surface area contributed by atoms with Gasteiger partial charge in [-0.1, -0.05) is 13.0 Å². The van der Waals surface area contributed by atoms with E-state index >= 15 is 0 Å². The molecule has 2 saturated carbocycles. The summed E-state index contributed by atoms with van der Waals surface area (Å²) in [5.41, 5.74) is 2.43. The molecular formula is C22H28O5. The summed E-state index contributed by atoms with van der Waals surface area (Å²) in [5, 5.41) is 10.9. The topological polar surface area (TPSA) is 72.8 Å². The van der Waals surface area contributed by atoms with E-state index in [2.05, 4.69) is 13.0 Å². The largest absolute Gasteiger partial charge is 0.462 e. The third kappa shape index (κ3) is 3.06. The van der Waals surface area contributed by atoms with Crippen molar-refractivity contribution in [3.8, 4) is 5.75 Å². The van der Waals surface area contributed by atoms with Gasteiger partial charge in [-0.25, -0.2) is 0 Å². The molecule has 0 heterocycles. The molecular weight excluding hydrogens is 344 g/mol. The Morgan fingerprint density at radius 3 is 2.67 bits per heavy atom. The monoisotopic (exact) mass is 372 g/mol. The lowest BCUT2D eigenvalue weighted by atomic mass is 9.55. The minimum atomic E-state index is -0.422. The third-order valence-corrected chi connectivity index (χ3v) is 7.17. The fraction of sp³-hybridized carbons (Fsp3) is 0.636. The Balaban J connectivity index is 1.62. The molecule has 0 aromatic heterocycles. The maximum Gasteiger partial charge on any atom is 0.308 e. The van der Waals surface area contributed by atoms with Crippen molar-refractivity contribution < 1.29 is 24.2 Å². The molecule has 5 heteroatoms. The van der Waals surface area contributed by atoms with Gasteiger partial charge in [-0.2, -0.15) is 0 Å². The lowest BCUT2D eigenvalue weighted by Crippen LogP contribution is -2.47. The molecule has 2 fully saturated rings. The molecule has 146 valence electrons. The zero-order valence-electron chi connectivity index (χ0n) is 16.2. The Morgan fingerprint density at radius 1 is 1.19 bits per heavy atom. The smallest absolute Gasteiger partial charge is 0.308 e. The highest BCUT2D eigenvalue weighted by Crippen LogP contribution is 2.61. The summed E-state index contributed by atoms with van der Waals surface area (Å²) in [6.45, 7) is 5.06. The van der Waals surface area contributed by atoms with Crippen molar-refractivity contribution in [2.75, 3.05) is 0 Å². The summed E-state index contributed by atoms with van der Waals surface area (Å²) < 4.78 is 10.9. The predicted molar refractivity (Wildman–Crippen MR) is 99.3 cm³/mol. The first-order valence-corrected chi connectivity index (χ1v) is 9.96. The van der Waals surface area contributed by atoms with Crippen molar-refractivity contribution in [2.24, 2.45) is 17.3 Å². The molecule has 6 atom stereocenters. The number of aliphatic hydroxyl groups is 1. The maximum atomic E-state index is 11.5. The number of esters is 2. The van der Waals surface area contributed by atoms with Gasteiger partial charge in [-0.15, -0.1) is 0 Å². The van der Waals surface area contributed by atoms with Gasteiger partial charge in [0.1, 0.15) is 11.9 Å². The average molecular weight is 372 g/mol. The molecule has 27 heavy (non-hydrogen) atoms. The van der Waals surface area contributed by atoms with E-state index in [-0.39, 0.29) is 29.4 Å². The maximum absolute atomic E-state index is 11.5. The third-order valence-electron chi connectivity index (χ3n) is 7.17. The van der Waals surface area contributed by atoms with Gasteiger partial charge in [0.2, 0.25) is 0 Å². The van der Waals surface area contributed by atoms with Crippen LogP contribution in [-0.4, -0.2) is 29.3 Å². The molecule has 1 aromatic carbocycles. The Labute approximate surface area is 160 Å². The molecule has 1 N–H and O–H groups in total. The van der Waals surface area contributed by atoms with E-state index < -0.39 is 6.10 Å². The molecule has 1 aromatic rings. The van der Waals surface area contributed by atoms with Gasteiger partial charge < -0.3 is 14.6 Å². The fourth-order valence-electron chi connectivity index (χ4n) is 6.18. The first-order chi connectivity index (χ1) is 12.8. The number of benzene rings is 1. The highest BCUT2D eigenvalue weighted by Gasteiger charge is 2.59. The van der Waals surface area contributed by atoms with Crippen LogP contribution in [0.3, 0.4) is 0 Å². The van der Waals surface area contributed by atoms with Crippen molar-refractivity contribution in [3.63, 3.8) is 0 Å². The second-order valence-electron chi connectivity index (χ2n) is 8.73. The van der Waals surface area contributed by atoms with E-state index in [9.17, 15) is 14.7 Å². The number of ether oxygens (including phenoxy) is 2.